The first kappa shape index (κ1) is 26.0. The zero-order valence-corrected chi connectivity index (χ0v) is 19.8. The molecule has 1 saturated heterocycles. The molecule has 0 spiro atoms. The molecule has 1 aliphatic heterocycles. The van der Waals surface area contributed by atoms with Gasteiger partial charge < -0.3 is 14.4 Å². The molecule has 1 fully saturated rings. The number of nitrogens with zero attached hydrogens (tertiary/aromatic N) is 4. The van der Waals surface area contributed by atoms with Crippen molar-refractivity contribution in [1.82, 2.24) is 14.7 Å². The van der Waals surface area contributed by atoms with Crippen molar-refractivity contribution >= 4 is 24.2 Å². The second-order valence-corrected chi connectivity index (χ2v) is 9.00. The lowest BCUT2D eigenvalue weighted by atomic mass is 10.1. The average Bonchev–Trinajstić information content (AvgIpc) is 3.16. The fourth-order valence-corrected chi connectivity index (χ4v) is 3.84. The number of aromatic nitrogens is 2. The van der Waals surface area contributed by atoms with Crippen molar-refractivity contribution in [1.29, 1.82) is 0 Å². The number of benzene rings is 1. The van der Waals surface area contributed by atoms with Gasteiger partial charge in [-0.1, -0.05) is 30.3 Å². The van der Waals surface area contributed by atoms with E-state index in [1.165, 1.54) is 9.80 Å². The largest absolute Gasteiger partial charge is 0.467 e. The van der Waals surface area contributed by atoms with Crippen molar-refractivity contribution in [3.05, 3.63) is 47.2 Å². The monoisotopic (exact) mass is 496 g/mol. The van der Waals surface area contributed by atoms with Gasteiger partial charge in [0.2, 0.25) is 0 Å². The van der Waals surface area contributed by atoms with Gasteiger partial charge in [-0.3, -0.25) is 9.69 Å². The Morgan fingerprint density at radius 1 is 1.14 bits per heavy atom. The van der Waals surface area contributed by atoms with Crippen LogP contribution in [0.5, 0.6) is 0 Å². The predicted octanol–water partition coefficient (Wildman–Crippen LogP) is 3.36. The Morgan fingerprint density at radius 2 is 1.80 bits per heavy atom. The van der Waals surface area contributed by atoms with Gasteiger partial charge in [-0.2, -0.15) is 18.3 Å². The van der Waals surface area contributed by atoms with Gasteiger partial charge in [-0.05, 0) is 26.3 Å². The lowest BCUT2D eigenvalue weighted by molar-refractivity contribution is -0.147. The first-order chi connectivity index (χ1) is 16.4. The fraction of sp³-hybridized carbons (Fsp3) is 0.478. The highest BCUT2D eigenvalue weighted by Gasteiger charge is 2.43. The smallest absolute Gasteiger partial charge is 0.435 e. The number of aldehydes is 1. The van der Waals surface area contributed by atoms with E-state index in [1.807, 2.05) is 0 Å². The standard InChI is InChI=1S/C23H27F3N4O5/c1-22(2,3)35-21(33)29-11-10-28(13-17(29)20(32)34-4)19-16(14-31)18(23(24,25)26)27-30(19)12-15-8-6-5-7-9-15/h5-9,14,17H,10-13H2,1-4H3/t17-/m0/s1. The van der Waals surface area contributed by atoms with Gasteiger partial charge >= 0.3 is 18.2 Å². The van der Waals surface area contributed by atoms with E-state index in [0.717, 1.165) is 11.8 Å². The molecule has 9 nitrogen and oxygen atoms in total. The minimum absolute atomic E-state index is 0.0331. The summed E-state index contributed by atoms with van der Waals surface area (Å²) in [5, 5.41) is 3.71. The molecule has 1 aliphatic rings. The Morgan fingerprint density at radius 3 is 2.34 bits per heavy atom. The predicted molar refractivity (Wildman–Crippen MR) is 119 cm³/mol. The molecule has 2 aromatic rings. The minimum Gasteiger partial charge on any atom is -0.467 e. The fourth-order valence-electron chi connectivity index (χ4n) is 3.84. The molecule has 1 aromatic carbocycles. The quantitative estimate of drug-likeness (QED) is 0.463. The molecule has 1 amide bonds. The SMILES string of the molecule is COC(=O)[C@@H]1CN(c2c(C=O)c(C(F)(F)F)nn2Cc2ccccc2)CCN1C(=O)OC(C)(C)C. The van der Waals surface area contributed by atoms with E-state index >= 15 is 0 Å². The molecular weight excluding hydrogens is 469 g/mol. The number of carbonyl (C=O) groups is 3. The zero-order valence-electron chi connectivity index (χ0n) is 19.8. The van der Waals surface area contributed by atoms with Crippen LogP contribution in [0.25, 0.3) is 0 Å². The highest BCUT2D eigenvalue weighted by Crippen LogP contribution is 2.36. The summed E-state index contributed by atoms with van der Waals surface area (Å²) in [5.41, 5.74) is -2.11. The van der Waals surface area contributed by atoms with E-state index in [-0.39, 0.29) is 38.3 Å². The van der Waals surface area contributed by atoms with E-state index in [4.69, 9.17) is 9.47 Å². The summed E-state index contributed by atoms with van der Waals surface area (Å²) in [7, 11) is 1.15. The lowest BCUT2D eigenvalue weighted by Gasteiger charge is -2.41. The zero-order chi connectivity index (χ0) is 26.0. The number of alkyl halides is 3. The van der Waals surface area contributed by atoms with Crippen LogP contribution in [0.4, 0.5) is 23.8 Å². The Hall–Kier alpha value is -3.57. The van der Waals surface area contributed by atoms with Crippen molar-refractivity contribution in [2.24, 2.45) is 0 Å². The van der Waals surface area contributed by atoms with E-state index in [0.29, 0.717) is 5.56 Å². The summed E-state index contributed by atoms with van der Waals surface area (Å²) in [5.74, 6) is -0.854. The molecule has 0 bridgehead atoms. The highest BCUT2D eigenvalue weighted by molar-refractivity contribution is 5.87. The number of piperazine rings is 1. The molecule has 1 atom stereocenters. The van der Waals surface area contributed by atoms with E-state index in [1.54, 1.807) is 51.1 Å². The maximum atomic E-state index is 13.7. The van der Waals surface area contributed by atoms with Crippen LogP contribution in [0.3, 0.4) is 0 Å². The maximum absolute atomic E-state index is 13.7. The van der Waals surface area contributed by atoms with Gasteiger partial charge in [0, 0.05) is 13.1 Å². The molecule has 0 aliphatic carbocycles. The Balaban J connectivity index is 2.03. The third-order valence-corrected chi connectivity index (χ3v) is 5.30. The van der Waals surface area contributed by atoms with Gasteiger partial charge in [0.15, 0.2) is 18.0 Å². The Bertz CT molecular complexity index is 1080. The average molecular weight is 496 g/mol. The van der Waals surface area contributed by atoms with Crippen LogP contribution in [0.1, 0.15) is 42.4 Å². The van der Waals surface area contributed by atoms with E-state index < -0.39 is 41.1 Å². The number of carbonyl (C=O) groups excluding carboxylic acids is 3. The van der Waals surface area contributed by atoms with Crippen LogP contribution in [0.15, 0.2) is 30.3 Å². The summed E-state index contributed by atoms with van der Waals surface area (Å²) in [4.78, 5) is 39.7. The van der Waals surface area contributed by atoms with Crippen molar-refractivity contribution in [3.8, 4) is 0 Å². The molecule has 2 heterocycles. The molecule has 0 unspecified atom stereocenters. The van der Waals surface area contributed by atoms with Gasteiger partial charge in [0.25, 0.3) is 0 Å². The van der Waals surface area contributed by atoms with Crippen molar-refractivity contribution in [3.63, 3.8) is 0 Å². The van der Waals surface area contributed by atoms with Crippen molar-refractivity contribution in [2.45, 2.75) is 45.1 Å². The summed E-state index contributed by atoms with van der Waals surface area (Å²) >= 11 is 0. The number of hydrogen-bond acceptors (Lipinski definition) is 7. The summed E-state index contributed by atoms with van der Waals surface area (Å²) in [6.45, 7) is 4.74. The number of methoxy groups -OCH3 is 1. The van der Waals surface area contributed by atoms with E-state index in [2.05, 4.69) is 5.10 Å². The highest BCUT2D eigenvalue weighted by atomic mass is 19.4. The molecular formula is C23H27F3N4O5. The van der Waals surface area contributed by atoms with E-state index in [9.17, 15) is 27.6 Å². The van der Waals surface area contributed by atoms with Crippen LogP contribution in [0, 0.1) is 0 Å². The Kier molecular flexibility index (Phi) is 7.41. The molecule has 190 valence electrons. The summed E-state index contributed by atoms with van der Waals surface area (Å²) < 4.78 is 52.5. The molecule has 0 saturated carbocycles. The topological polar surface area (TPSA) is 94.0 Å². The van der Waals surface area contributed by atoms with Gasteiger partial charge in [-0.25, -0.2) is 14.3 Å². The first-order valence-electron chi connectivity index (χ1n) is 10.8. The second kappa shape index (κ2) is 9.96. The van der Waals surface area contributed by atoms with Crippen LogP contribution >= 0.6 is 0 Å². The molecule has 35 heavy (non-hydrogen) atoms. The number of rotatable bonds is 5. The Labute approximate surface area is 200 Å². The third kappa shape index (κ3) is 5.92. The summed E-state index contributed by atoms with van der Waals surface area (Å²) in [6.07, 6.45) is -5.51. The third-order valence-electron chi connectivity index (χ3n) is 5.30. The van der Waals surface area contributed by atoms with Crippen molar-refractivity contribution in [2.75, 3.05) is 31.6 Å². The van der Waals surface area contributed by atoms with Gasteiger partial charge in [0.05, 0.1) is 25.8 Å². The van der Waals surface area contributed by atoms with Crippen LogP contribution in [0.2, 0.25) is 0 Å². The van der Waals surface area contributed by atoms with Gasteiger partial charge in [0.1, 0.15) is 11.4 Å². The summed E-state index contributed by atoms with van der Waals surface area (Å²) in [6, 6.07) is 7.50. The van der Waals surface area contributed by atoms with Crippen LogP contribution in [-0.4, -0.2) is 71.4 Å². The van der Waals surface area contributed by atoms with Crippen LogP contribution in [-0.2, 0) is 27.0 Å². The minimum atomic E-state index is -4.87. The number of anilines is 1. The normalized spacial score (nSPS) is 16.7. The maximum Gasteiger partial charge on any atom is 0.435 e. The number of ether oxygens (including phenoxy) is 2. The molecule has 3 rings (SSSR count). The van der Waals surface area contributed by atoms with Crippen LogP contribution < -0.4 is 4.90 Å². The molecule has 12 heteroatoms. The lowest BCUT2D eigenvalue weighted by Crippen LogP contribution is -2.59. The number of halogens is 3. The number of hydrogen-bond donors (Lipinski definition) is 0. The van der Waals surface area contributed by atoms with Gasteiger partial charge in [-0.15, -0.1) is 0 Å². The molecule has 0 radical (unpaired) electrons. The second-order valence-electron chi connectivity index (χ2n) is 9.00. The molecule has 1 aromatic heterocycles. The molecule has 0 N–H and O–H groups in total. The number of esters is 1. The number of amides is 1. The van der Waals surface area contributed by atoms with Crippen molar-refractivity contribution < 1.29 is 37.0 Å². The first-order valence-corrected chi connectivity index (χ1v) is 10.8.